The Morgan fingerprint density at radius 3 is 2.73 bits per heavy atom. The number of nitrogens with one attached hydrogen (secondary N) is 1. The van der Waals surface area contributed by atoms with E-state index in [4.69, 9.17) is 9.73 Å². The number of methoxy groups -OCH3 is 1. The lowest BCUT2D eigenvalue weighted by Gasteiger charge is -2.18. The van der Waals surface area contributed by atoms with Crippen LogP contribution < -0.4 is 10.1 Å². The Labute approximate surface area is 201 Å². The molecule has 0 saturated carbocycles. The van der Waals surface area contributed by atoms with Crippen LogP contribution in [0.4, 0.5) is 4.39 Å². The van der Waals surface area contributed by atoms with Crippen molar-refractivity contribution in [1.29, 1.82) is 0 Å². The number of pyridine rings is 1. The molecule has 4 nitrogen and oxygen atoms in total. The number of hydrogen-bond donors (Lipinski definition) is 1. The van der Waals surface area contributed by atoms with E-state index >= 15 is 0 Å². The molecule has 1 aromatic carbocycles. The summed E-state index contributed by atoms with van der Waals surface area (Å²) in [7, 11) is 1.64. The zero-order chi connectivity index (χ0) is 24.4. The van der Waals surface area contributed by atoms with E-state index in [0.29, 0.717) is 11.4 Å². The number of nitrogens with zero attached hydrogens (tertiary/aromatic N) is 2. The summed E-state index contributed by atoms with van der Waals surface area (Å²) in [6.45, 7) is 14.5. The summed E-state index contributed by atoms with van der Waals surface area (Å²) in [5.74, 6) is 1.06. The second kappa shape index (κ2) is 13.0. The maximum Gasteiger partial charge on any atom is 0.141 e. The number of thioether (sulfide) groups is 1. The van der Waals surface area contributed by atoms with Crippen molar-refractivity contribution < 1.29 is 9.13 Å². The Morgan fingerprint density at radius 1 is 1.36 bits per heavy atom. The van der Waals surface area contributed by atoms with Crippen molar-refractivity contribution in [1.82, 2.24) is 10.3 Å². The minimum absolute atomic E-state index is 0.120. The third-order valence-electron chi connectivity index (χ3n) is 5.14. The molecule has 6 heteroatoms. The van der Waals surface area contributed by atoms with Crippen molar-refractivity contribution in [2.24, 2.45) is 4.99 Å². The topological polar surface area (TPSA) is 46.5 Å². The van der Waals surface area contributed by atoms with Crippen molar-refractivity contribution in [2.45, 2.75) is 53.5 Å². The van der Waals surface area contributed by atoms with Crippen LogP contribution in [0.25, 0.3) is 11.3 Å². The predicted molar refractivity (Wildman–Crippen MR) is 140 cm³/mol. The number of amidine groups is 1. The largest absolute Gasteiger partial charge is 0.496 e. The van der Waals surface area contributed by atoms with E-state index in [1.54, 1.807) is 24.9 Å². The lowest BCUT2D eigenvalue weighted by Crippen LogP contribution is -2.23. The number of benzene rings is 1. The molecule has 1 heterocycles. The fourth-order valence-electron chi connectivity index (χ4n) is 3.03. The molecular weight excluding hydrogens is 433 g/mol. The van der Waals surface area contributed by atoms with Gasteiger partial charge in [-0.15, -0.1) is 0 Å². The van der Waals surface area contributed by atoms with Crippen molar-refractivity contribution >= 4 is 17.6 Å². The maximum absolute atomic E-state index is 13.4. The molecule has 0 radical (unpaired) electrons. The molecule has 0 saturated heterocycles. The third-order valence-corrected chi connectivity index (χ3v) is 6.30. The first-order valence-corrected chi connectivity index (χ1v) is 11.9. The molecule has 0 aliphatic rings. The van der Waals surface area contributed by atoms with Gasteiger partial charge in [0.1, 0.15) is 17.4 Å². The number of aromatic nitrogens is 1. The van der Waals surface area contributed by atoms with E-state index in [9.17, 15) is 4.39 Å². The molecule has 2 rings (SSSR count). The molecule has 176 valence electrons. The van der Waals surface area contributed by atoms with Gasteiger partial charge in [-0.1, -0.05) is 43.8 Å². The SMILES string of the molecule is C=C(S/C(C)=C\C)C(C)N=C(N/C=C/CCC)c1cc(-c2ccc(F)cn2)cc(OC)c1C. The van der Waals surface area contributed by atoms with E-state index in [-0.39, 0.29) is 11.9 Å². The monoisotopic (exact) mass is 467 g/mol. The van der Waals surface area contributed by atoms with Crippen LogP contribution in [0.15, 0.2) is 70.2 Å². The van der Waals surface area contributed by atoms with Gasteiger partial charge in [0.05, 0.1) is 25.0 Å². The first-order valence-electron chi connectivity index (χ1n) is 11.1. The van der Waals surface area contributed by atoms with Crippen LogP contribution in [-0.4, -0.2) is 24.0 Å². The average Bonchev–Trinajstić information content (AvgIpc) is 2.81. The van der Waals surface area contributed by atoms with Gasteiger partial charge in [-0.3, -0.25) is 9.98 Å². The summed E-state index contributed by atoms with van der Waals surface area (Å²) in [6.07, 6.45) is 9.33. The lowest BCUT2D eigenvalue weighted by atomic mass is 10.00. The predicted octanol–water partition coefficient (Wildman–Crippen LogP) is 7.41. The van der Waals surface area contributed by atoms with E-state index < -0.39 is 0 Å². The molecule has 2 aromatic rings. The first kappa shape index (κ1) is 26.4. The zero-order valence-electron chi connectivity index (χ0n) is 20.4. The minimum Gasteiger partial charge on any atom is -0.496 e. The van der Waals surface area contributed by atoms with Crippen molar-refractivity contribution in [3.8, 4) is 17.0 Å². The van der Waals surface area contributed by atoms with Gasteiger partial charge in [0, 0.05) is 21.6 Å². The van der Waals surface area contributed by atoms with Crippen LogP contribution in [0.3, 0.4) is 0 Å². The summed E-state index contributed by atoms with van der Waals surface area (Å²) >= 11 is 1.63. The van der Waals surface area contributed by atoms with Gasteiger partial charge in [0.2, 0.25) is 0 Å². The molecule has 0 aliphatic carbocycles. The number of rotatable bonds is 10. The Balaban J connectivity index is 2.57. The Hall–Kier alpha value is -2.86. The van der Waals surface area contributed by atoms with Gasteiger partial charge in [0.15, 0.2) is 0 Å². The zero-order valence-corrected chi connectivity index (χ0v) is 21.2. The van der Waals surface area contributed by atoms with Crippen molar-refractivity contribution in [3.63, 3.8) is 0 Å². The normalized spacial score (nSPS) is 13.3. The molecule has 0 bridgehead atoms. The number of aliphatic imine (C=N–C) groups is 1. The molecule has 0 aliphatic heterocycles. The second-order valence-electron chi connectivity index (χ2n) is 7.67. The maximum atomic E-state index is 13.4. The first-order chi connectivity index (χ1) is 15.8. The molecule has 1 atom stereocenters. The number of allylic oxidation sites excluding steroid dienone is 3. The standard InChI is InChI=1S/C27H34FN3OS/c1-8-10-11-14-29-27(31-20(5)21(6)33-18(3)9-2)24-15-22(16-26(32-7)19(24)4)25-13-12-23(28)17-30-25/h9,11-17,20H,6,8,10H2,1-5,7H3,(H,29,31)/b14-11+,18-9-. The molecule has 1 unspecified atom stereocenters. The Kier molecular flexibility index (Phi) is 10.4. The summed E-state index contributed by atoms with van der Waals surface area (Å²) < 4.78 is 19.1. The average molecular weight is 468 g/mol. The van der Waals surface area contributed by atoms with E-state index in [0.717, 1.165) is 40.3 Å². The molecule has 0 amide bonds. The lowest BCUT2D eigenvalue weighted by molar-refractivity contribution is 0.411. The summed E-state index contributed by atoms with van der Waals surface area (Å²) in [6, 6.07) is 6.87. The highest BCUT2D eigenvalue weighted by Gasteiger charge is 2.16. The van der Waals surface area contributed by atoms with E-state index in [1.807, 2.05) is 39.1 Å². The van der Waals surface area contributed by atoms with Gasteiger partial charge < -0.3 is 10.1 Å². The number of halogens is 1. The van der Waals surface area contributed by atoms with Crippen molar-refractivity contribution in [2.75, 3.05) is 7.11 Å². The fourth-order valence-corrected chi connectivity index (χ4v) is 3.78. The molecule has 0 fully saturated rings. The van der Waals surface area contributed by atoms with Crippen LogP contribution in [0.5, 0.6) is 5.75 Å². The number of unbranched alkanes of at least 4 members (excludes halogenated alkanes) is 1. The highest BCUT2D eigenvalue weighted by molar-refractivity contribution is 8.06. The van der Waals surface area contributed by atoms with Crippen LogP contribution >= 0.6 is 11.8 Å². The summed E-state index contributed by atoms with van der Waals surface area (Å²) in [5.41, 5.74) is 3.33. The van der Waals surface area contributed by atoms with Gasteiger partial charge in [-0.25, -0.2) is 4.39 Å². The molecule has 1 N–H and O–H groups in total. The summed E-state index contributed by atoms with van der Waals surface area (Å²) in [4.78, 5) is 11.4. The Bertz CT molecular complexity index is 1040. The van der Waals surface area contributed by atoms with Crippen LogP contribution in [0.1, 0.15) is 51.7 Å². The van der Waals surface area contributed by atoms with E-state index in [1.165, 1.54) is 17.2 Å². The molecule has 0 spiro atoms. The van der Waals surface area contributed by atoms with Crippen LogP contribution in [0.2, 0.25) is 0 Å². The molecule has 1 aromatic heterocycles. The van der Waals surface area contributed by atoms with Crippen LogP contribution in [0, 0.1) is 12.7 Å². The minimum atomic E-state index is -0.371. The van der Waals surface area contributed by atoms with Gasteiger partial charge in [0.25, 0.3) is 0 Å². The Morgan fingerprint density at radius 2 is 2.12 bits per heavy atom. The van der Waals surface area contributed by atoms with Crippen LogP contribution in [-0.2, 0) is 0 Å². The molecular formula is C27H34FN3OS. The summed E-state index contributed by atoms with van der Waals surface area (Å²) in [5, 5.41) is 3.37. The fraction of sp³-hybridized carbons (Fsp3) is 0.333. The smallest absolute Gasteiger partial charge is 0.141 e. The van der Waals surface area contributed by atoms with Gasteiger partial charge >= 0.3 is 0 Å². The van der Waals surface area contributed by atoms with Crippen molar-refractivity contribution in [3.05, 3.63) is 82.1 Å². The molecule has 33 heavy (non-hydrogen) atoms. The highest BCUT2D eigenvalue weighted by atomic mass is 32.2. The van der Waals surface area contributed by atoms with Gasteiger partial charge in [-0.2, -0.15) is 0 Å². The number of ether oxygens (including phenoxy) is 1. The number of hydrogen-bond acceptors (Lipinski definition) is 4. The van der Waals surface area contributed by atoms with E-state index in [2.05, 4.69) is 42.9 Å². The third kappa shape index (κ3) is 7.60. The highest BCUT2D eigenvalue weighted by Crippen LogP contribution is 2.31. The quantitative estimate of drug-likeness (QED) is 0.292. The van der Waals surface area contributed by atoms with Gasteiger partial charge in [-0.05, 0) is 69.5 Å². The second-order valence-corrected chi connectivity index (χ2v) is 9.04.